The molecule has 1 atom stereocenters. The predicted octanol–water partition coefficient (Wildman–Crippen LogP) is 2.12. The van der Waals surface area contributed by atoms with Crippen LogP contribution < -0.4 is 0 Å². The molecule has 0 saturated carbocycles. The van der Waals surface area contributed by atoms with E-state index in [-0.39, 0.29) is 18.3 Å². The van der Waals surface area contributed by atoms with Crippen molar-refractivity contribution in [2.24, 2.45) is 0 Å². The summed E-state index contributed by atoms with van der Waals surface area (Å²) in [5.41, 5.74) is 2.00. The van der Waals surface area contributed by atoms with Crippen LogP contribution in [0.4, 0.5) is 4.39 Å². The number of amides is 3. The van der Waals surface area contributed by atoms with Crippen molar-refractivity contribution in [3.63, 3.8) is 0 Å². The average molecular weight is 467 g/mol. The Hall–Kier alpha value is -3.26. The molecule has 2 aromatic carbocycles. The second-order valence-electron chi connectivity index (χ2n) is 8.86. The number of hydrogen-bond donors (Lipinski definition) is 0. The first-order valence-electron chi connectivity index (χ1n) is 11.9. The predicted molar refractivity (Wildman–Crippen MR) is 126 cm³/mol. The van der Waals surface area contributed by atoms with Crippen molar-refractivity contribution in [1.29, 1.82) is 0 Å². The van der Waals surface area contributed by atoms with E-state index in [2.05, 4.69) is 17.0 Å². The van der Waals surface area contributed by atoms with Crippen LogP contribution in [0, 0.1) is 5.82 Å². The Morgan fingerprint density at radius 3 is 2.12 bits per heavy atom. The Kier molecular flexibility index (Phi) is 7.57. The van der Waals surface area contributed by atoms with Gasteiger partial charge in [-0.15, -0.1) is 0 Å². The van der Waals surface area contributed by atoms with Gasteiger partial charge in [-0.2, -0.15) is 0 Å². The summed E-state index contributed by atoms with van der Waals surface area (Å²) < 4.78 is 13.2. The summed E-state index contributed by atoms with van der Waals surface area (Å²) in [7, 11) is 0. The molecular weight excluding hydrogens is 435 g/mol. The van der Waals surface area contributed by atoms with Crippen LogP contribution in [0.5, 0.6) is 0 Å². The van der Waals surface area contributed by atoms with Crippen molar-refractivity contribution in [1.82, 2.24) is 19.6 Å². The maximum atomic E-state index is 13.3. The highest BCUT2D eigenvalue weighted by Gasteiger charge is 2.40. The zero-order valence-corrected chi connectivity index (χ0v) is 19.5. The fraction of sp³-hybridized carbons (Fsp3) is 0.423. The van der Waals surface area contributed by atoms with Gasteiger partial charge < -0.3 is 14.7 Å². The zero-order valence-electron chi connectivity index (χ0n) is 19.5. The fourth-order valence-electron chi connectivity index (χ4n) is 4.66. The molecule has 0 unspecified atom stereocenters. The average Bonchev–Trinajstić information content (AvgIpc) is 2.86. The lowest BCUT2D eigenvalue weighted by molar-refractivity contribution is -0.161. The van der Waals surface area contributed by atoms with E-state index in [1.54, 1.807) is 12.1 Å². The molecule has 2 saturated heterocycles. The van der Waals surface area contributed by atoms with Crippen molar-refractivity contribution in [3.8, 4) is 0 Å². The van der Waals surface area contributed by atoms with Gasteiger partial charge in [0.15, 0.2) is 0 Å². The Morgan fingerprint density at radius 2 is 1.47 bits per heavy atom. The molecule has 0 radical (unpaired) electrons. The maximum absolute atomic E-state index is 13.3. The molecular formula is C26H31FN4O3. The van der Waals surface area contributed by atoms with Gasteiger partial charge in [-0.1, -0.05) is 49.4 Å². The topological polar surface area (TPSA) is 64.2 Å². The monoisotopic (exact) mass is 466 g/mol. The molecule has 2 aromatic rings. The van der Waals surface area contributed by atoms with Gasteiger partial charge in [0.25, 0.3) is 0 Å². The number of nitrogens with zero attached hydrogens (tertiary/aromatic N) is 4. The van der Waals surface area contributed by atoms with Gasteiger partial charge in [-0.05, 0) is 29.7 Å². The molecule has 0 N–H and O–H groups in total. The van der Waals surface area contributed by atoms with Crippen molar-refractivity contribution < 1.29 is 18.8 Å². The van der Waals surface area contributed by atoms with Gasteiger partial charge >= 0.3 is 11.8 Å². The second-order valence-corrected chi connectivity index (χ2v) is 8.86. The number of rotatable bonds is 7. The quantitative estimate of drug-likeness (QED) is 0.587. The molecule has 0 bridgehead atoms. The Labute approximate surface area is 199 Å². The molecule has 2 aliphatic heterocycles. The molecule has 0 aromatic heterocycles. The molecule has 3 amide bonds. The summed E-state index contributed by atoms with van der Waals surface area (Å²) in [6.45, 7) is 6.38. The molecule has 2 fully saturated rings. The normalized spacial score (nSPS) is 18.4. The molecule has 7 nitrogen and oxygen atoms in total. The van der Waals surface area contributed by atoms with Crippen LogP contribution in [0.15, 0.2) is 54.6 Å². The number of carbonyl (C=O) groups is 3. The van der Waals surface area contributed by atoms with E-state index >= 15 is 0 Å². The summed E-state index contributed by atoms with van der Waals surface area (Å²) in [4.78, 5) is 46.0. The lowest BCUT2D eigenvalue weighted by Gasteiger charge is -2.41. The third kappa shape index (κ3) is 5.44. The number of piperazine rings is 2. The summed E-state index contributed by atoms with van der Waals surface area (Å²) in [5, 5.41) is 0. The molecule has 0 spiro atoms. The summed E-state index contributed by atoms with van der Waals surface area (Å²) in [6, 6.07) is 15.5. The zero-order chi connectivity index (χ0) is 24.1. The minimum atomic E-state index is -0.642. The second kappa shape index (κ2) is 10.8. The first kappa shape index (κ1) is 23.9. The van der Waals surface area contributed by atoms with Gasteiger partial charge in [0.05, 0.1) is 0 Å². The molecule has 2 aliphatic rings. The van der Waals surface area contributed by atoms with Gasteiger partial charge in [0.1, 0.15) is 11.9 Å². The molecule has 180 valence electrons. The molecule has 34 heavy (non-hydrogen) atoms. The van der Waals surface area contributed by atoms with E-state index in [1.807, 2.05) is 30.0 Å². The Morgan fingerprint density at radius 1 is 0.824 bits per heavy atom. The first-order valence-corrected chi connectivity index (χ1v) is 11.9. The summed E-state index contributed by atoms with van der Waals surface area (Å²) >= 11 is 0. The molecule has 2 heterocycles. The highest BCUT2D eigenvalue weighted by atomic mass is 19.1. The van der Waals surface area contributed by atoms with Gasteiger partial charge in [-0.3, -0.25) is 19.3 Å². The van der Waals surface area contributed by atoms with E-state index in [0.29, 0.717) is 32.6 Å². The smallest absolute Gasteiger partial charge is 0.312 e. The van der Waals surface area contributed by atoms with Crippen LogP contribution >= 0.6 is 0 Å². The first-order chi connectivity index (χ1) is 16.5. The van der Waals surface area contributed by atoms with Gasteiger partial charge in [-0.25, -0.2) is 4.39 Å². The number of benzene rings is 2. The lowest BCUT2D eigenvalue weighted by Crippen LogP contribution is -2.61. The van der Waals surface area contributed by atoms with E-state index in [9.17, 15) is 18.8 Å². The number of halogens is 1. The SMILES string of the molecule is CC[C@@H](C(=O)N1CCN(Cc2ccccc2)CC1)N1CCN(Cc2ccc(F)cc2)C(=O)C1=O. The third-order valence-electron chi connectivity index (χ3n) is 6.61. The van der Waals surface area contributed by atoms with Crippen molar-refractivity contribution in [2.75, 3.05) is 39.3 Å². The van der Waals surface area contributed by atoms with Gasteiger partial charge in [0, 0.05) is 52.4 Å². The highest BCUT2D eigenvalue weighted by Crippen LogP contribution is 2.18. The van der Waals surface area contributed by atoms with Gasteiger partial charge in [0.2, 0.25) is 5.91 Å². The largest absolute Gasteiger partial charge is 0.338 e. The highest BCUT2D eigenvalue weighted by molar-refractivity contribution is 6.35. The van der Waals surface area contributed by atoms with Crippen molar-refractivity contribution in [3.05, 3.63) is 71.5 Å². The lowest BCUT2D eigenvalue weighted by atomic mass is 10.1. The van der Waals surface area contributed by atoms with Crippen molar-refractivity contribution in [2.45, 2.75) is 32.5 Å². The van der Waals surface area contributed by atoms with Crippen LogP contribution in [-0.4, -0.2) is 82.6 Å². The van der Waals surface area contributed by atoms with Crippen LogP contribution in [0.3, 0.4) is 0 Å². The van der Waals surface area contributed by atoms with E-state index < -0.39 is 17.9 Å². The van der Waals surface area contributed by atoms with Crippen LogP contribution in [-0.2, 0) is 27.5 Å². The number of carbonyl (C=O) groups excluding carboxylic acids is 3. The Bertz CT molecular complexity index is 1010. The minimum absolute atomic E-state index is 0.0880. The molecule has 4 rings (SSSR count). The van der Waals surface area contributed by atoms with E-state index in [0.717, 1.165) is 25.2 Å². The van der Waals surface area contributed by atoms with E-state index in [1.165, 1.54) is 27.5 Å². The van der Waals surface area contributed by atoms with Crippen LogP contribution in [0.25, 0.3) is 0 Å². The molecule has 8 heteroatoms. The van der Waals surface area contributed by atoms with E-state index in [4.69, 9.17) is 0 Å². The van der Waals surface area contributed by atoms with Crippen LogP contribution in [0.1, 0.15) is 24.5 Å². The Balaban J connectivity index is 1.33. The molecule has 0 aliphatic carbocycles. The fourth-order valence-corrected chi connectivity index (χ4v) is 4.66. The van der Waals surface area contributed by atoms with Crippen LogP contribution in [0.2, 0.25) is 0 Å². The maximum Gasteiger partial charge on any atom is 0.312 e. The summed E-state index contributed by atoms with van der Waals surface area (Å²) in [6.07, 6.45) is 0.458. The minimum Gasteiger partial charge on any atom is -0.338 e. The number of hydrogen-bond acceptors (Lipinski definition) is 4. The summed E-state index contributed by atoms with van der Waals surface area (Å²) in [5.74, 6) is -1.69. The standard InChI is InChI=1S/C26H31FN4O3/c1-2-23(24(32)29-14-12-28(13-15-29)18-20-6-4-3-5-7-20)31-17-16-30(25(33)26(31)34)19-21-8-10-22(27)11-9-21/h3-11,23H,2,12-19H2,1H3/t23-/m0/s1. The third-order valence-corrected chi connectivity index (χ3v) is 6.61. The van der Waals surface area contributed by atoms with Crippen molar-refractivity contribution >= 4 is 17.7 Å².